The van der Waals surface area contributed by atoms with Gasteiger partial charge in [0.05, 0.1) is 21.7 Å². The molecule has 138 valence electrons. The molecule has 1 aromatic heterocycles. The lowest BCUT2D eigenvalue weighted by Crippen LogP contribution is -2.07. The van der Waals surface area contributed by atoms with Crippen LogP contribution in [0.4, 0.5) is 5.82 Å². The number of benzene rings is 3. The fourth-order valence-corrected chi connectivity index (χ4v) is 3.23. The molecule has 29 heavy (non-hydrogen) atoms. The smallest absolute Gasteiger partial charge is 0.402 e. The van der Waals surface area contributed by atoms with E-state index in [0.29, 0.717) is 28.6 Å². The Kier molecular flexibility index (Phi) is 3.90. The predicted molar refractivity (Wildman–Crippen MR) is 108 cm³/mol. The summed E-state index contributed by atoms with van der Waals surface area (Å²) >= 11 is 0. The fraction of sp³-hybridized carbons (Fsp3) is 0. The summed E-state index contributed by atoms with van der Waals surface area (Å²) in [5.74, 6) is 0.804. The molecule has 0 fully saturated rings. The van der Waals surface area contributed by atoms with Crippen LogP contribution in [0.3, 0.4) is 0 Å². The second-order valence-electron chi connectivity index (χ2n) is 6.60. The summed E-state index contributed by atoms with van der Waals surface area (Å²) in [6, 6.07) is 23.3. The minimum Gasteiger partial charge on any atom is -0.508 e. The monoisotopic (exact) mass is 379 g/mol. The summed E-state index contributed by atoms with van der Waals surface area (Å²) in [6.45, 7) is 0. The molecule has 6 heteroatoms. The number of fused-ring (bicyclic) bond motifs is 1. The van der Waals surface area contributed by atoms with Gasteiger partial charge in [-0.05, 0) is 60.7 Å². The minimum absolute atomic E-state index is 0.174. The molecule has 1 aliphatic heterocycles. The number of hydrogen-bond acceptors (Lipinski definition) is 5. The van der Waals surface area contributed by atoms with Gasteiger partial charge in [0.2, 0.25) is 5.69 Å². The van der Waals surface area contributed by atoms with Gasteiger partial charge in [0.1, 0.15) is 16.6 Å². The number of aromatic nitrogens is 2. The predicted octanol–water partition coefficient (Wildman–Crippen LogP) is 4.36. The maximum absolute atomic E-state index is 9.67. The highest BCUT2D eigenvalue weighted by molar-refractivity contribution is 6.11. The molecule has 3 aromatic carbocycles. The van der Waals surface area contributed by atoms with Gasteiger partial charge in [-0.3, -0.25) is 0 Å². The second kappa shape index (κ2) is 6.71. The maximum Gasteiger partial charge on any atom is 0.402 e. The third-order valence-corrected chi connectivity index (χ3v) is 4.68. The van der Waals surface area contributed by atoms with Gasteiger partial charge in [0.15, 0.2) is 0 Å². The molecule has 5 rings (SSSR count). The first-order valence-electron chi connectivity index (χ1n) is 9.04. The number of rotatable bonds is 3. The number of phenolic OH excluding ortho intramolecular Hbond substituents is 2. The number of hydrogen-bond donors (Lipinski definition) is 2. The van der Waals surface area contributed by atoms with Crippen molar-refractivity contribution in [1.82, 2.24) is 9.97 Å². The second-order valence-corrected chi connectivity index (χ2v) is 6.60. The molecule has 0 saturated carbocycles. The van der Waals surface area contributed by atoms with E-state index in [2.05, 4.69) is 9.90 Å². The van der Waals surface area contributed by atoms with Gasteiger partial charge in [-0.25, -0.2) is 9.97 Å². The van der Waals surface area contributed by atoms with Crippen LogP contribution < -0.4 is 0 Å². The van der Waals surface area contributed by atoms with Gasteiger partial charge in [-0.1, -0.05) is 18.2 Å². The summed E-state index contributed by atoms with van der Waals surface area (Å²) in [4.78, 5) is 13.9. The van der Waals surface area contributed by atoms with Crippen LogP contribution in [-0.2, 0) is 0 Å². The Labute approximate surface area is 166 Å². The Bertz CT molecular complexity index is 1280. The molecule has 1 aliphatic rings. The molecule has 0 amide bonds. The molecule has 2 heterocycles. The topological polar surface area (TPSA) is 92.7 Å². The summed E-state index contributed by atoms with van der Waals surface area (Å²) < 4.78 is 0. The number of aromatic hydroxyl groups is 2. The van der Waals surface area contributed by atoms with Crippen molar-refractivity contribution < 1.29 is 15.0 Å². The van der Waals surface area contributed by atoms with E-state index < -0.39 is 0 Å². The maximum atomic E-state index is 9.67. The molecular weight excluding hydrogens is 364 g/mol. The molecule has 0 atom stereocenters. The van der Waals surface area contributed by atoms with E-state index in [9.17, 15) is 10.2 Å². The molecule has 4 aromatic rings. The van der Waals surface area contributed by atoms with Crippen LogP contribution in [0.25, 0.3) is 22.5 Å². The van der Waals surface area contributed by atoms with Crippen LogP contribution in [0, 0.1) is 0 Å². The van der Waals surface area contributed by atoms with Crippen LogP contribution in [0.2, 0.25) is 0 Å². The van der Waals surface area contributed by atoms with Crippen LogP contribution >= 0.6 is 0 Å². The van der Waals surface area contributed by atoms with Gasteiger partial charge < -0.3 is 10.2 Å². The van der Waals surface area contributed by atoms with Crippen molar-refractivity contribution in [3.05, 3.63) is 90.1 Å². The Morgan fingerprint density at radius 1 is 0.552 bits per heavy atom. The first-order valence-corrected chi connectivity index (χ1v) is 9.04. The van der Waals surface area contributed by atoms with Crippen molar-refractivity contribution in [3.63, 3.8) is 0 Å². The van der Waals surface area contributed by atoms with Crippen molar-refractivity contribution in [2.75, 3.05) is 0 Å². The lowest BCUT2D eigenvalue weighted by molar-refractivity contribution is -0.0702. The standard InChI is InChI=1S/C23H14N4O2/c28-17-10-6-15(7-11-17)19-20(16-8-12-18(29)13-9-16)25-23-22(24-19)21(26-27-23)14-4-2-1-3-5-14/h1-13H,(H,24,25,27,28,29)/p+1. The zero-order valence-electron chi connectivity index (χ0n) is 15.2. The molecule has 0 aliphatic carbocycles. The molecule has 6 nitrogen and oxygen atoms in total. The lowest BCUT2D eigenvalue weighted by Gasteiger charge is -2.09. The summed E-state index contributed by atoms with van der Waals surface area (Å²) in [5.41, 5.74) is 5.08. The van der Waals surface area contributed by atoms with Crippen molar-refractivity contribution in [2.45, 2.75) is 0 Å². The number of phenols is 2. The van der Waals surface area contributed by atoms with Gasteiger partial charge >= 0.3 is 5.71 Å². The van der Waals surface area contributed by atoms with Crippen molar-refractivity contribution in [1.29, 1.82) is 0 Å². The third kappa shape index (κ3) is 3.04. The number of nitrogens with zero attached hydrogens (tertiary/aromatic N) is 4. The average Bonchev–Trinajstić information content (AvgIpc) is 3.18. The normalized spacial score (nSPS) is 11.9. The van der Waals surface area contributed by atoms with E-state index in [1.54, 1.807) is 48.5 Å². The van der Waals surface area contributed by atoms with E-state index in [1.165, 1.54) is 0 Å². The highest BCUT2D eigenvalue weighted by Crippen LogP contribution is 2.35. The Hall–Kier alpha value is -4.28. The van der Waals surface area contributed by atoms with E-state index in [0.717, 1.165) is 16.7 Å². The van der Waals surface area contributed by atoms with Gasteiger partial charge in [0.25, 0.3) is 5.82 Å². The molecule has 0 saturated heterocycles. The SMILES string of the molecule is Oc1ccc(-c2nc3c(nc2-c2ccc(O)cc2)C(c2ccccc2)=[N+]=N3)cc1. The van der Waals surface area contributed by atoms with E-state index in [1.807, 2.05) is 30.3 Å². The first-order chi connectivity index (χ1) is 14.2. The van der Waals surface area contributed by atoms with Crippen LogP contribution in [0.1, 0.15) is 11.3 Å². The molecule has 2 N–H and O–H groups in total. The van der Waals surface area contributed by atoms with Crippen LogP contribution in [0.15, 0.2) is 84.0 Å². The highest BCUT2D eigenvalue weighted by atomic mass is 16.3. The van der Waals surface area contributed by atoms with E-state index >= 15 is 0 Å². The Morgan fingerprint density at radius 3 is 1.69 bits per heavy atom. The molecule has 0 unspecified atom stereocenters. The van der Waals surface area contributed by atoms with Gasteiger partial charge in [-0.15, -0.1) is 0 Å². The third-order valence-electron chi connectivity index (χ3n) is 4.68. The summed E-state index contributed by atoms with van der Waals surface area (Å²) in [6.07, 6.45) is 0. The van der Waals surface area contributed by atoms with E-state index in [-0.39, 0.29) is 11.5 Å². The van der Waals surface area contributed by atoms with Crippen LogP contribution in [0.5, 0.6) is 11.5 Å². The van der Waals surface area contributed by atoms with Gasteiger partial charge in [-0.2, -0.15) is 0 Å². The highest BCUT2D eigenvalue weighted by Gasteiger charge is 2.33. The van der Waals surface area contributed by atoms with Crippen molar-refractivity contribution in [2.24, 2.45) is 5.11 Å². The lowest BCUT2D eigenvalue weighted by atomic mass is 10.0. The summed E-state index contributed by atoms with van der Waals surface area (Å²) in [5, 5.41) is 23.5. The quantitative estimate of drug-likeness (QED) is 0.455. The zero-order valence-corrected chi connectivity index (χ0v) is 15.2. The van der Waals surface area contributed by atoms with Gasteiger partial charge in [0, 0.05) is 11.1 Å². The molecule has 0 radical (unpaired) electrons. The fourth-order valence-electron chi connectivity index (χ4n) is 3.23. The Balaban J connectivity index is 1.72. The summed E-state index contributed by atoms with van der Waals surface area (Å²) in [7, 11) is 0. The largest absolute Gasteiger partial charge is 0.508 e. The molecule has 0 spiro atoms. The van der Waals surface area contributed by atoms with Crippen molar-refractivity contribution >= 4 is 11.5 Å². The zero-order chi connectivity index (χ0) is 19.8. The first kappa shape index (κ1) is 16.9. The Morgan fingerprint density at radius 2 is 1.10 bits per heavy atom. The minimum atomic E-state index is 0.174. The molecular formula is C23H15N4O2+. The van der Waals surface area contributed by atoms with Crippen LogP contribution in [-0.4, -0.2) is 30.7 Å². The van der Waals surface area contributed by atoms with Crippen molar-refractivity contribution in [3.8, 4) is 34.0 Å². The average molecular weight is 379 g/mol. The van der Waals surface area contributed by atoms with E-state index in [4.69, 9.17) is 9.97 Å². The molecule has 0 bridgehead atoms.